The average molecular weight is 973 g/mol. The van der Waals surface area contributed by atoms with Crippen molar-refractivity contribution in [1.29, 1.82) is 0 Å². The van der Waals surface area contributed by atoms with E-state index >= 15 is 0 Å². The van der Waals surface area contributed by atoms with Gasteiger partial charge < -0.3 is 98.4 Å². The van der Waals surface area contributed by atoms with E-state index in [9.17, 15) is 70.2 Å². The van der Waals surface area contributed by atoms with E-state index in [1.807, 2.05) is 0 Å². The van der Waals surface area contributed by atoms with Crippen LogP contribution in [0.4, 0.5) is 0 Å². The van der Waals surface area contributed by atoms with Gasteiger partial charge in [0, 0.05) is 13.8 Å². The molecular formula is C44H60O24. The van der Waals surface area contributed by atoms with Gasteiger partial charge in [0.05, 0.1) is 19.6 Å². The number of esters is 4. The van der Waals surface area contributed by atoms with E-state index in [0.29, 0.717) is 11.1 Å². The highest BCUT2D eigenvalue weighted by Gasteiger charge is 2.54. The number of carbonyl (C=O) groups is 4. The Morgan fingerprint density at radius 1 is 0.574 bits per heavy atom. The smallest absolute Gasteiger partial charge is 0.339 e. The first-order valence-electron chi connectivity index (χ1n) is 21.6. The molecule has 0 amide bonds. The van der Waals surface area contributed by atoms with Gasteiger partial charge in [0.15, 0.2) is 18.0 Å². The molecule has 2 aromatic rings. The molecule has 24 nitrogen and oxygen atoms in total. The molecule has 16 atom stereocenters. The zero-order chi connectivity index (χ0) is 50.0. The summed E-state index contributed by atoms with van der Waals surface area (Å²) in [5, 5.41) is 102. The monoisotopic (exact) mass is 972 g/mol. The Morgan fingerprint density at radius 2 is 1.04 bits per heavy atom. The minimum absolute atomic E-state index is 0.108. The number of aliphatic hydroxyl groups is 10. The number of aliphatic hydroxyl groups excluding tert-OH is 10. The summed E-state index contributed by atoms with van der Waals surface area (Å²) < 4.78 is 55.6. The van der Waals surface area contributed by atoms with Gasteiger partial charge in [-0.2, -0.15) is 0 Å². The molecule has 24 heteroatoms. The van der Waals surface area contributed by atoms with Crippen LogP contribution in [0.2, 0.25) is 0 Å². The Morgan fingerprint density at radius 3 is 1.49 bits per heavy atom. The van der Waals surface area contributed by atoms with Crippen LogP contribution in [0, 0.1) is 5.92 Å². The van der Waals surface area contributed by atoms with Crippen molar-refractivity contribution >= 4 is 23.9 Å². The van der Waals surface area contributed by atoms with Crippen LogP contribution in [0.15, 0.2) is 48.5 Å². The van der Waals surface area contributed by atoms with Crippen molar-refractivity contribution in [2.24, 2.45) is 5.92 Å². The topological polar surface area (TPSA) is 363 Å². The molecule has 10 N–H and O–H groups in total. The number of carbonyl (C=O) groups excluding carboxylic acids is 4. The van der Waals surface area contributed by atoms with Gasteiger partial charge in [0.1, 0.15) is 98.5 Å². The third-order valence-corrected chi connectivity index (χ3v) is 11.1. The van der Waals surface area contributed by atoms with Crippen molar-refractivity contribution < 1.29 is 118 Å². The van der Waals surface area contributed by atoms with Crippen molar-refractivity contribution in [1.82, 2.24) is 0 Å². The third kappa shape index (κ3) is 13.8. The molecular weight excluding hydrogens is 912 g/mol. The zero-order valence-electron chi connectivity index (χ0n) is 37.5. The molecule has 0 spiro atoms. The number of rotatable bonds is 20. The SMILES string of the molecule is CC(=O)OC[C@H]1O[C@H](O[C@@](CC(=O)OCc2ccc(O[C@H]3O[C@H](CO)[C@@H](O)[C@H](O)[C@@H]3O)cc2)(CC(C)C)C(=O)OCc2ccc(O[C@H]3O[C@@H](CO)[C@H](O)[C@H](O)[C@H]3O)cc2)[C@H](O)[C@H](OC(C)=O)[C@@H]1O. The number of hydrogen-bond acceptors (Lipinski definition) is 24. The van der Waals surface area contributed by atoms with E-state index in [1.54, 1.807) is 13.8 Å². The second-order valence-electron chi connectivity index (χ2n) is 16.9. The molecule has 0 saturated carbocycles. The predicted molar refractivity (Wildman–Crippen MR) is 222 cm³/mol. The summed E-state index contributed by atoms with van der Waals surface area (Å²) in [7, 11) is 0. The molecule has 0 radical (unpaired) electrons. The largest absolute Gasteiger partial charge is 0.463 e. The third-order valence-electron chi connectivity index (χ3n) is 11.1. The summed E-state index contributed by atoms with van der Waals surface area (Å²) in [5.41, 5.74) is -1.58. The highest BCUT2D eigenvalue weighted by atomic mass is 16.7. The van der Waals surface area contributed by atoms with Crippen LogP contribution in [0.5, 0.6) is 11.5 Å². The maximum Gasteiger partial charge on any atom is 0.339 e. The van der Waals surface area contributed by atoms with Gasteiger partial charge in [-0.3, -0.25) is 14.4 Å². The fourth-order valence-electron chi connectivity index (χ4n) is 7.57. The predicted octanol–water partition coefficient (Wildman–Crippen LogP) is -3.04. The summed E-state index contributed by atoms with van der Waals surface area (Å²) in [6.07, 6.45) is -25.3. The van der Waals surface area contributed by atoms with Crippen molar-refractivity contribution in [2.45, 2.75) is 151 Å². The second kappa shape index (κ2) is 24.3. The minimum Gasteiger partial charge on any atom is -0.463 e. The van der Waals surface area contributed by atoms with E-state index in [2.05, 4.69) is 0 Å². The van der Waals surface area contributed by atoms with Crippen molar-refractivity contribution in [3.8, 4) is 11.5 Å². The lowest BCUT2D eigenvalue weighted by Crippen LogP contribution is -2.63. The second-order valence-corrected chi connectivity index (χ2v) is 16.9. The minimum atomic E-state index is -2.33. The van der Waals surface area contributed by atoms with Crippen LogP contribution in [0.1, 0.15) is 51.7 Å². The van der Waals surface area contributed by atoms with E-state index in [0.717, 1.165) is 13.8 Å². The summed E-state index contributed by atoms with van der Waals surface area (Å²) in [6, 6.07) is 11.5. The number of hydrogen-bond donors (Lipinski definition) is 10. The maximum absolute atomic E-state index is 14.5. The fraction of sp³-hybridized carbons (Fsp3) is 0.636. The van der Waals surface area contributed by atoms with Gasteiger partial charge in [0.25, 0.3) is 0 Å². The van der Waals surface area contributed by atoms with E-state index in [4.69, 9.17) is 47.4 Å². The van der Waals surface area contributed by atoms with Crippen molar-refractivity contribution in [2.75, 3.05) is 19.8 Å². The summed E-state index contributed by atoms with van der Waals surface area (Å²) in [6.45, 7) is 2.70. The molecule has 3 fully saturated rings. The average Bonchev–Trinajstić information content (AvgIpc) is 3.30. The molecule has 3 aliphatic rings. The Kier molecular flexibility index (Phi) is 19.4. The Balaban J connectivity index is 1.35. The van der Waals surface area contributed by atoms with Gasteiger partial charge in [-0.05, 0) is 47.7 Å². The standard InChI is InChI=1S/C44H60O24/c1-20(2)13-44(68-42-38(57)39(62-22(4)48)33(52)29(67-42)19-59-21(3)47,43(58)61-18-24-7-11-26(12-8-24)64-41-37(56)35(54)32(51)28(16-46)66-41)14-30(49)60-17-23-5-9-25(10-6-23)63-40-36(55)34(53)31(50)27(15-45)65-40/h5-12,20,27-29,31-42,45-46,50-57H,13-19H2,1-4H3/t27-,28+,29-,31-,32+,33-,34+,35+,36+,37-,38-,39-,40+,41+,42-,44-/m1/s1. The van der Waals surface area contributed by atoms with Crippen LogP contribution in [0.25, 0.3) is 0 Å². The molecule has 5 rings (SSSR count). The lowest BCUT2D eigenvalue weighted by atomic mass is 9.88. The van der Waals surface area contributed by atoms with Crippen LogP contribution < -0.4 is 9.47 Å². The van der Waals surface area contributed by atoms with E-state index in [-0.39, 0.29) is 24.5 Å². The molecule has 0 aromatic heterocycles. The Labute approximate surface area is 389 Å². The lowest BCUT2D eigenvalue weighted by Gasteiger charge is -2.44. The maximum atomic E-state index is 14.5. The molecule has 0 unspecified atom stereocenters. The first-order valence-corrected chi connectivity index (χ1v) is 21.6. The van der Waals surface area contributed by atoms with E-state index < -0.39 is 160 Å². The molecule has 3 aliphatic heterocycles. The first kappa shape index (κ1) is 54.3. The van der Waals surface area contributed by atoms with Crippen molar-refractivity contribution in [3.05, 3.63) is 59.7 Å². The summed E-state index contributed by atoms with van der Waals surface area (Å²) in [5.74, 6) is -4.07. The first-order chi connectivity index (χ1) is 32.2. The molecule has 0 aliphatic carbocycles. The highest BCUT2D eigenvalue weighted by Crippen LogP contribution is 2.35. The van der Waals surface area contributed by atoms with Crippen LogP contribution in [0.3, 0.4) is 0 Å². The van der Waals surface area contributed by atoms with Gasteiger partial charge in [-0.1, -0.05) is 38.1 Å². The fourth-order valence-corrected chi connectivity index (χ4v) is 7.57. The molecule has 68 heavy (non-hydrogen) atoms. The highest BCUT2D eigenvalue weighted by molar-refractivity contribution is 5.86. The van der Waals surface area contributed by atoms with Crippen LogP contribution >= 0.6 is 0 Å². The number of ether oxygens (including phenoxy) is 10. The Hall–Kier alpha value is -4.64. The molecule has 2 aromatic carbocycles. The van der Waals surface area contributed by atoms with E-state index in [1.165, 1.54) is 48.5 Å². The zero-order valence-corrected chi connectivity index (χ0v) is 37.5. The summed E-state index contributed by atoms with van der Waals surface area (Å²) in [4.78, 5) is 52.0. The molecule has 3 heterocycles. The van der Waals surface area contributed by atoms with Crippen LogP contribution in [-0.4, -0.2) is 192 Å². The van der Waals surface area contributed by atoms with Gasteiger partial charge in [-0.15, -0.1) is 0 Å². The quantitative estimate of drug-likeness (QED) is 0.0466. The Bertz CT molecular complexity index is 1950. The molecule has 0 bridgehead atoms. The van der Waals surface area contributed by atoms with Crippen LogP contribution in [-0.2, 0) is 70.3 Å². The lowest BCUT2D eigenvalue weighted by molar-refractivity contribution is -0.328. The molecule has 380 valence electrons. The van der Waals surface area contributed by atoms with Gasteiger partial charge >= 0.3 is 23.9 Å². The number of benzene rings is 2. The van der Waals surface area contributed by atoms with Gasteiger partial charge in [0.2, 0.25) is 12.6 Å². The summed E-state index contributed by atoms with van der Waals surface area (Å²) >= 11 is 0. The molecule has 3 saturated heterocycles. The van der Waals surface area contributed by atoms with Gasteiger partial charge in [-0.25, -0.2) is 4.79 Å². The normalized spacial score (nSPS) is 32.6. The van der Waals surface area contributed by atoms with Crippen molar-refractivity contribution in [3.63, 3.8) is 0 Å².